The van der Waals surface area contributed by atoms with Crippen LogP contribution in [0.15, 0.2) is 36.7 Å². The maximum atomic E-state index is 14.2. The van der Waals surface area contributed by atoms with Crippen molar-refractivity contribution in [3.63, 3.8) is 0 Å². The zero-order valence-electron chi connectivity index (χ0n) is 20.7. The van der Waals surface area contributed by atoms with Crippen LogP contribution in [0, 0.1) is 11.3 Å². The van der Waals surface area contributed by atoms with E-state index >= 15 is 0 Å². The number of amides is 2. The van der Waals surface area contributed by atoms with Crippen molar-refractivity contribution in [2.45, 2.75) is 50.5 Å². The van der Waals surface area contributed by atoms with Gasteiger partial charge in [-0.25, -0.2) is 13.7 Å². The first-order valence-electron chi connectivity index (χ1n) is 11.7. The molecule has 11 nitrogen and oxygen atoms in total. The number of hydrogen-bond acceptors (Lipinski definition) is 8. The monoisotopic (exact) mass is 509 g/mol. The SMILES string of the molecule is COC(=O)NC1CC(Nc2cc(-c3ccc4cc(C#N)cnn34)ncc2C(=O)NC[C@@H](F)C(C)(C)O)C1. The van der Waals surface area contributed by atoms with Gasteiger partial charge in [0.1, 0.15) is 12.2 Å². The fraction of sp³-hybridized carbons (Fsp3) is 0.400. The van der Waals surface area contributed by atoms with Crippen LogP contribution in [0.3, 0.4) is 0 Å². The van der Waals surface area contributed by atoms with Gasteiger partial charge < -0.3 is 25.8 Å². The molecule has 0 aromatic carbocycles. The number of ether oxygens (including phenoxy) is 1. The van der Waals surface area contributed by atoms with Gasteiger partial charge in [0.05, 0.1) is 59.2 Å². The number of nitrogens with one attached hydrogen (secondary N) is 3. The highest BCUT2D eigenvalue weighted by Gasteiger charge is 2.32. The molecule has 37 heavy (non-hydrogen) atoms. The number of anilines is 1. The number of nitriles is 1. The number of aliphatic hydroxyl groups is 1. The number of carbonyl (C=O) groups is 2. The Morgan fingerprint density at radius 1 is 1.30 bits per heavy atom. The second kappa shape index (κ2) is 10.4. The lowest BCUT2D eigenvalue weighted by atomic mass is 9.86. The first kappa shape index (κ1) is 25.8. The van der Waals surface area contributed by atoms with Crippen molar-refractivity contribution >= 4 is 23.2 Å². The highest BCUT2D eigenvalue weighted by molar-refractivity contribution is 6.00. The van der Waals surface area contributed by atoms with Crippen molar-refractivity contribution in [2.75, 3.05) is 19.0 Å². The number of rotatable bonds is 8. The summed E-state index contributed by atoms with van der Waals surface area (Å²) in [6, 6.07) is 9.00. The smallest absolute Gasteiger partial charge is 0.407 e. The van der Waals surface area contributed by atoms with E-state index in [-0.39, 0.29) is 24.2 Å². The Morgan fingerprint density at radius 2 is 2.05 bits per heavy atom. The average molecular weight is 510 g/mol. The number of pyridine rings is 1. The third kappa shape index (κ3) is 5.78. The lowest BCUT2D eigenvalue weighted by molar-refractivity contribution is -0.00177. The van der Waals surface area contributed by atoms with Gasteiger partial charge in [-0.1, -0.05) is 0 Å². The number of nitrogens with zero attached hydrogens (tertiary/aromatic N) is 4. The molecule has 0 radical (unpaired) electrons. The maximum Gasteiger partial charge on any atom is 0.407 e. The minimum atomic E-state index is -1.66. The minimum absolute atomic E-state index is 0.0328. The van der Waals surface area contributed by atoms with Gasteiger partial charge >= 0.3 is 6.09 Å². The molecular formula is C25H28FN7O4. The van der Waals surface area contributed by atoms with Gasteiger partial charge in [0, 0.05) is 18.3 Å². The van der Waals surface area contributed by atoms with E-state index in [9.17, 15) is 19.1 Å². The van der Waals surface area contributed by atoms with Gasteiger partial charge in [0.15, 0.2) is 0 Å². The molecule has 194 valence electrons. The van der Waals surface area contributed by atoms with Crippen molar-refractivity contribution in [3.05, 3.63) is 47.8 Å². The summed E-state index contributed by atoms with van der Waals surface area (Å²) >= 11 is 0. The van der Waals surface area contributed by atoms with Crippen LogP contribution in [0.5, 0.6) is 0 Å². The number of methoxy groups -OCH3 is 1. The number of alkyl halides is 1. The van der Waals surface area contributed by atoms with Crippen LogP contribution < -0.4 is 16.0 Å². The van der Waals surface area contributed by atoms with Crippen LogP contribution >= 0.6 is 0 Å². The minimum Gasteiger partial charge on any atom is -0.453 e. The predicted octanol–water partition coefficient (Wildman–Crippen LogP) is 2.41. The van der Waals surface area contributed by atoms with E-state index in [2.05, 4.69) is 36.8 Å². The molecule has 1 fully saturated rings. The van der Waals surface area contributed by atoms with E-state index in [0.717, 1.165) is 0 Å². The molecule has 3 aromatic heterocycles. The van der Waals surface area contributed by atoms with Crippen molar-refractivity contribution < 1.29 is 23.8 Å². The lowest BCUT2D eigenvalue weighted by Gasteiger charge is -2.36. The lowest BCUT2D eigenvalue weighted by Crippen LogP contribution is -2.49. The number of aromatic nitrogens is 3. The molecule has 1 aliphatic carbocycles. The van der Waals surface area contributed by atoms with Crippen molar-refractivity contribution in [3.8, 4) is 17.5 Å². The van der Waals surface area contributed by atoms with E-state index in [1.54, 1.807) is 16.6 Å². The largest absolute Gasteiger partial charge is 0.453 e. The molecule has 1 saturated carbocycles. The zero-order chi connectivity index (χ0) is 26.7. The van der Waals surface area contributed by atoms with Crippen LogP contribution in [0.25, 0.3) is 16.9 Å². The summed E-state index contributed by atoms with van der Waals surface area (Å²) in [7, 11) is 1.30. The van der Waals surface area contributed by atoms with Crippen molar-refractivity contribution in [1.29, 1.82) is 5.26 Å². The molecule has 12 heteroatoms. The van der Waals surface area contributed by atoms with Gasteiger partial charge in [-0.15, -0.1) is 0 Å². The number of halogens is 1. The van der Waals surface area contributed by atoms with E-state index < -0.39 is 23.8 Å². The van der Waals surface area contributed by atoms with Crippen LogP contribution in [0.4, 0.5) is 14.9 Å². The van der Waals surface area contributed by atoms with Crippen molar-refractivity contribution in [1.82, 2.24) is 25.2 Å². The highest BCUT2D eigenvalue weighted by Crippen LogP contribution is 2.30. The molecule has 3 aromatic rings. The number of carbonyl (C=O) groups excluding carboxylic acids is 2. The van der Waals surface area contributed by atoms with Crippen molar-refractivity contribution in [2.24, 2.45) is 0 Å². The summed E-state index contributed by atoms with van der Waals surface area (Å²) in [5.74, 6) is -0.547. The Labute approximate surface area is 212 Å². The Hall–Kier alpha value is -4.24. The third-order valence-electron chi connectivity index (χ3n) is 6.25. The third-order valence-corrected chi connectivity index (χ3v) is 6.25. The van der Waals surface area contributed by atoms with Gasteiger partial charge in [-0.3, -0.25) is 9.78 Å². The summed E-state index contributed by atoms with van der Waals surface area (Å²) in [6.45, 7) is 2.29. The van der Waals surface area contributed by atoms with Crippen LogP contribution in [0.1, 0.15) is 42.6 Å². The molecule has 0 bridgehead atoms. The van der Waals surface area contributed by atoms with Crippen LogP contribution in [-0.2, 0) is 4.74 Å². The summed E-state index contributed by atoms with van der Waals surface area (Å²) in [6.07, 6.45) is 1.92. The fourth-order valence-electron chi connectivity index (χ4n) is 3.98. The average Bonchev–Trinajstić information content (AvgIpc) is 3.28. The van der Waals surface area contributed by atoms with Crippen LogP contribution in [-0.4, -0.2) is 69.2 Å². The Balaban J connectivity index is 1.59. The Bertz CT molecular complexity index is 1360. The molecule has 4 N–H and O–H groups in total. The molecule has 0 spiro atoms. The molecule has 3 heterocycles. The molecule has 0 aliphatic heterocycles. The number of fused-ring (bicyclic) bond motifs is 1. The molecule has 1 atom stereocenters. The predicted molar refractivity (Wildman–Crippen MR) is 133 cm³/mol. The molecule has 1 aliphatic rings. The van der Waals surface area contributed by atoms with Crippen LogP contribution in [0.2, 0.25) is 0 Å². The normalized spacial score (nSPS) is 17.8. The van der Waals surface area contributed by atoms with E-state index in [1.807, 2.05) is 12.1 Å². The van der Waals surface area contributed by atoms with Gasteiger partial charge in [-0.2, -0.15) is 10.4 Å². The molecule has 0 saturated heterocycles. The standard InChI is InChI=1S/C25H28FN7O4/c1-25(2,36)22(26)13-29-23(34)18-12-28-20(21-5-4-17-6-14(10-27)11-30-33(17)21)9-19(18)31-15-7-16(8-15)32-24(35)37-3/h4-6,9,11-12,15-16,22,36H,7-8,13H2,1-3H3,(H,28,31)(H,29,34)(H,32,35)/t15?,16?,22-/m1/s1. The van der Waals surface area contributed by atoms with Gasteiger partial charge in [-0.05, 0) is 51.0 Å². The van der Waals surface area contributed by atoms with E-state index in [1.165, 1.54) is 33.4 Å². The number of hydrogen-bond donors (Lipinski definition) is 4. The summed E-state index contributed by atoms with van der Waals surface area (Å²) < 4.78 is 20.5. The highest BCUT2D eigenvalue weighted by atomic mass is 19.1. The quantitative estimate of drug-likeness (QED) is 0.361. The van der Waals surface area contributed by atoms with E-state index in [0.29, 0.717) is 41.0 Å². The second-order valence-electron chi connectivity index (χ2n) is 9.50. The fourth-order valence-corrected chi connectivity index (χ4v) is 3.98. The summed E-state index contributed by atoms with van der Waals surface area (Å²) in [5.41, 5.74) is 1.40. The molecular weight excluding hydrogens is 481 g/mol. The zero-order valence-corrected chi connectivity index (χ0v) is 20.7. The topological polar surface area (TPSA) is 154 Å². The Morgan fingerprint density at radius 3 is 2.73 bits per heavy atom. The second-order valence-corrected chi connectivity index (χ2v) is 9.50. The first-order valence-corrected chi connectivity index (χ1v) is 11.7. The van der Waals surface area contributed by atoms with Gasteiger partial charge in [0.25, 0.3) is 5.91 Å². The first-order chi connectivity index (χ1) is 17.6. The molecule has 2 amide bonds. The van der Waals surface area contributed by atoms with Gasteiger partial charge in [0.2, 0.25) is 0 Å². The molecule has 0 unspecified atom stereocenters. The van der Waals surface area contributed by atoms with E-state index in [4.69, 9.17) is 5.26 Å². The Kier molecular flexibility index (Phi) is 7.26. The summed E-state index contributed by atoms with van der Waals surface area (Å²) in [5, 5.41) is 31.9. The summed E-state index contributed by atoms with van der Waals surface area (Å²) in [4.78, 5) is 28.9. The molecule has 4 rings (SSSR count). The maximum absolute atomic E-state index is 14.2. The number of alkyl carbamates (subject to hydrolysis) is 1.